The van der Waals surface area contributed by atoms with Crippen LogP contribution in [0.1, 0.15) is 83.0 Å². The third kappa shape index (κ3) is 7.27. The monoisotopic (exact) mass is 736 g/mol. The number of nitrogens with zero attached hydrogens (tertiary/aromatic N) is 5. The number of rotatable bonds is 4. The lowest BCUT2D eigenvalue weighted by Crippen LogP contribution is -2.27. The number of aromatic amines is 3. The first-order chi connectivity index (χ1) is 25.9. The number of hydrogen-bond acceptors (Lipinski definition) is 8. The van der Waals surface area contributed by atoms with Gasteiger partial charge in [-0.05, 0) is 45.0 Å². The number of para-hydroxylation sites is 2. The van der Waals surface area contributed by atoms with E-state index >= 15 is 0 Å². The number of nitrogens with one attached hydrogen (secondary N) is 3. The summed E-state index contributed by atoms with van der Waals surface area (Å²) in [5.74, 6) is 0.0229. The molecule has 0 spiro atoms. The van der Waals surface area contributed by atoms with Gasteiger partial charge in [-0.25, -0.2) is 29.3 Å². The zero-order valence-corrected chi connectivity index (χ0v) is 32.5. The zero-order valence-electron chi connectivity index (χ0n) is 32.5. The molecular formula is C43H44N8O4. The molecule has 0 aliphatic rings. The van der Waals surface area contributed by atoms with Gasteiger partial charge in [0.1, 0.15) is 28.0 Å². The first kappa shape index (κ1) is 36.9. The molecule has 8 rings (SSSR count). The lowest BCUT2D eigenvalue weighted by atomic mass is 9.87. The van der Waals surface area contributed by atoms with Crippen molar-refractivity contribution in [3.05, 3.63) is 96.6 Å². The van der Waals surface area contributed by atoms with E-state index in [2.05, 4.69) is 29.9 Å². The molecule has 0 atom stereocenters. The quantitative estimate of drug-likeness (QED) is 0.150. The standard InChI is InChI=1S/C24H26N4O3.C19H18N4O/c1-23(2,3)20(29)15-12-25-21-19(15)27-16(13-26-21)18-11-14-9-7-8-10-17(14)28(18)22(30)31-24(4,5)6;1-19(2,3)17(24)12-9-20-18-16(12)23-15(10-21-18)14-8-11-6-4-5-7-13(11)22-14/h7-13H,1-6H3,(H,25,26);4-10,22H,1-3H3,(H,20,21). The average Bonchev–Trinajstić information content (AvgIpc) is 3.92. The van der Waals surface area contributed by atoms with Crippen LogP contribution in [0.15, 0.2) is 85.5 Å². The molecule has 55 heavy (non-hydrogen) atoms. The van der Waals surface area contributed by atoms with Gasteiger partial charge in [0.05, 0.1) is 40.4 Å². The predicted octanol–water partition coefficient (Wildman–Crippen LogP) is 9.93. The molecule has 6 heterocycles. The van der Waals surface area contributed by atoms with Gasteiger partial charge in [-0.2, -0.15) is 0 Å². The summed E-state index contributed by atoms with van der Waals surface area (Å²) in [5, 5.41) is 2.00. The molecule has 0 aliphatic carbocycles. The highest BCUT2D eigenvalue weighted by molar-refractivity contribution is 6.09. The number of benzene rings is 2. The maximum atomic E-state index is 13.1. The van der Waals surface area contributed by atoms with Gasteiger partial charge >= 0.3 is 6.09 Å². The second-order valence-electron chi connectivity index (χ2n) is 16.6. The Balaban J connectivity index is 0.000000174. The van der Waals surface area contributed by atoms with Gasteiger partial charge in [-0.3, -0.25) is 9.59 Å². The minimum absolute atomic E-state index is 0.0297. The molecule has 0 saturated heterocycles. The number of aromatic nitrogens is 8. The Morgan fingerprint density at radius 2 is 1.18 bits per heavy atom. The Hall–Kier alpha value is -6.43. The molecular weight excluding hydrogens is 693 g/mol. The Bertz CT molecular complexity index is 2730. The van der Waals surface area contributed by atoms with Crippen molar-refractivity contribution < 1.29 is 19.1 Å². The van der Waals surface area contributed by atoms with Crippen molar-refractivity contribution in [2.24, 2.45) is 10.8 Å². The highest BCUT2D eigenvalue weighted by Gasteiger charge is 2.29. The lowest BCUT2D eigenvalue weighted by Gasteiger charge is -2.21. The summed E-state index contributed by atoms with van der Waals surface area (Å²) in [5.41, 5.74) is 6.07. The summed E-state index contributed by atoms with van der Waals surface area (Å²) in [6.07, 6.45) is 6.16. The van der Waals surface area contributed by atoms with Crippen LogP contribution >= 0.6 is 0 Å². The fourth-order valence-electron chi connectivity index (χ4n) is 6.25. The topological polar surface area (TPSA) is 164 Å². The van der Waals surface area contributed by atoms with Gasteiger partial charge in [0.15, 0.2) is 22.9 Å². The first-order valence-electron chi connectivity index (χ1n) is 18.1. The Morgan fingerprint density at radius 1 is 0.655 bits per heavy atom. The second kappa shape index (κ2) is 13.5. The smallest absolute Gasteiger partial charge is 0.419 e. The van der Waals surface area contributed by atoms with Crippen LogP contribution in [0.25, 0.3) is 66.9 Å². The van der Waals surface area contributed by atoms with E-state index < -0.39 is 22.5 Å². The van der Waals surface area contributed by atoms with E-state index in [0.717, 1.165) is 27.7 Å². The molecule has 3 N–H and O–H groups in total. The highest BCUT2D eigenvalue weighted by Crippen LogP contribution is 2.32. The molecule has 8 aromatic rings. The van der Waals surface area contributed by atoms with Crippen molar-refractivity contribution in [2.75, 3.05) is 0 Å². The van der Waals surface area contributed by atoms with E-state index in [1.54, 1.807) is 24.8 Å². The number of carbonyl (C=O) groups is 3. The Kier molecular flexibility index (Phi) is 9.03. The van der Waals surface area contributed by atoms with Crippen LogP contribution in [0.3, 0.4) is 0 Å². The summed E-state index contributed by atoms with van der Waals surface area (Å²) in [4.78, 5) is 66.3. The molecule has 12 heteroatoms. The maximum Gasteiger partial charge on any atom is 0.419 e. The van der Waals surface area contributed by atoms with E-state index in [4.69, 9.17) is 9.72 Å². The number of fused-ring (bicyclic) bond motifs is 4. The number of Topliss-reactive ketones (excluding diaryl/α,β-unsaturated/α-hetero) is 2. The molecule has 2 aromatic carbocycles. The molecule has 0 saturated carbocycles. The first-order valence-corrected chi connectivity index (χ1v) is 18.1. The minimum atomic E-state index is -0.651. The van der Waals surface area contributed by atoms with Crippen molar-refractivity contribution in [1.82, 2.24) is 39.5 Å². The third-order valence-electron chi connectivity index (χ3n) is 8.97. The van der Waals surface area contributed by atoms with Crippen molar-refractivity contribution >= 4 is 61.8 Å². The summed E-state index contributed by atoms with van der Waals surface area (Å²) in [6, 6.07) is 19.6. The van der Waals surface area contributed by atoms with E-state index in [0.29, 0.717) is 50.4 Å². The van der Waals surface area contributed by atoms with Crippen molar-refractivity contribution in [1.29, 1.82) is 0 Å². The molecule has 0 bridgehead atoms. The average molecular weight is 737 g/mol. The van der Waals surface area contributed by atoms with Crippen LogP contribution in [0.4, 0.5) is 4.79 Å². The van der Waals surface area contributed by atoms with Gasteiger partial charge in [0.25, 0.3) is 0 Å². The molecule has 12 nitrogen and oxygen atoms in total. The van der Waals surface area contributed by atoms with E-state index in [1.165, 1.54) is 4.57 Å². The molecule has 0 aliphatic heterocycles. The lowest BCUT2D eigenvalue weighted by molar-refractivity contribution is 0.0546. The van der Waals surface area contributed by atoms with E-state index in [1.807, 2.05) is 123 Å². The summed E-state index contributed by atoms with van der Waals surface area (Å²) in [6.45, 7) is 16.8. The fraction of sp³-hybridized carbons (Fsp3) is 0.279. The largest absolute Gasteiger partial charge is 0.443 e. The molecule has 6 aromatic heterocycles. The predicted molar refractivity (Wildman–Crippen MR) is 215 cm³/mol. The van der Waals surface area contributed by atoms with E-state index in [-0.39, 0.29) is 11.6 Å². The zero-order chi connectivity index (χ0) is 39.4. The number of H-pyrrole nitrogens is 3. The van der Waals surface area contributed by atoms with Crippen LogP contribution in [0.2, 0.25) is 0 Å². The van der Waals surface area contributed by atoms with Crippen molar-refractivity contribution in [3.8, 4) is 22.8 Å². The second-order valence-corrected chi connectivity index (χ2v) is 16.6. The Labute approximate surface area is 317 Å². The Morgan fingerprint density at radius 3 is 1.75 bits per heavy atom. The number of ketones is 2. The van der Waals surface area contributed by atoms with Crippen LogP contribution in [-0.2, 0) is 4.74 Å². The van der Waals surface area contributed by atoms with Gasteiger partial charge in [0, 0.05) is 39.5 Å². The summed E-state index contributed by atoms with van der Waals surface area (Å²) >= 11 is 0. The molecule has 0 radical (unpaired) electrons. The SMILES string of the molecule is CC(C)(C)C(=O)c1c[nH]c2ncc(-c3cc4ccccc4[nH]3)nc12.CC(C)(C)OC(=O)n1c(-c2cnc3[nH]cc(C(=O)C(C)(C)C)c3n2)cc2ccccc21. The highest BCUT2D eigenvalue weighted by atomic mass is 16.6. The minimum Gasteiger partial charge on any atom is -0.443 e. The van der Waals surface area contributed by atoms with E-state index in [9.17, 15) is 14.4 Å². The van der Waals surface area contributed by atoms with Crippen LogP contribution in [0.5, 0.6) is 0 Å². The molecule has 280 valence electrons. The molecule has 0 fully saturated rings. The molecule has 0 unspecified atom stereocenters. The van der Waals surface area contributed by atoms with Gasteiger partial charge < -0.3 is 19.7 Å². The number of ether oxygens (including phenoxy) is 1. The third-order valence-corrected chi connectivity index (χ3v) is 8.97. The van der Waals surface area contributed by atoms with Crippen LogP contribution in [0, 0.1) is 10.8 Å². The fourth-order valence-corrected chi connectivity index (χ4v) is 6.25. The number of carbonyl (C=O) groups excluding carboxylic acids is 3. The normalized spacial score (nSPS) is 12.3. The summed E-state index contributed by atoms with van der Waals surface area (Å²) in [7, 11) is 0. The summed E-state index contributed by atoms with van der Waals surface area (Å²) < 4.78 is 7.16. The van der Waals surface area contributed by atoms with Crippen LogP contribution in [-0.4, -0.2) is 62.7 Å². The number of hydrogen-bond donors (Lipinski definition) is 3. The van der Waals surface area contributed by atoms with Gasteiger partial charge in [0.2, 0.25) is 0 Å². The maximum absolute atomic E-state index is 13.1. The van der Waals surface area contributed by atoms with Gasteiger partial charge in [-0.1, -0.05) is 77.9 Å². The molecule has 0 amide bonds. The van der Waals surface area contributed by atoms with Crippen molar-refractivity contribution in [2.45, 2.75) is 67.9 Å². The van der Waals surface area contributed by atoms with Crippen molar-refractivity contribution in [3.63, 3.8) is 0 Å². The van der Waals surface area contributed by atoms with Gasteiger partial charge in [-0.15, -0.1) is 0 Å². The van der Waals surface area contributed by atoms with Crippen LogP contribution < -0.4 is 0 Å².